The highest BCUT2D eigenvalue weighted by Gasteiger charge is 2.23. The maximum absolute atomic E-state index is 12.4. The maximum atomic E-state index is 12.4. The first-order chi connectivity index (χ1) is 12.8. The van der Waals surface area contributed by atoms with Gasteiger partial charge in [0.25, 0.3) is 0 Å². The Morgan fingerprint density at radius 1 is 1.04 bits per heavy atom. The third-order valence-corrected chi connectivity index (χ3v) is 4.62. The van der Waals surface area contributed by atoms with Gasteiger partial charge in [0, 0.05) is 39.6 Å². The van der Waals surface area contributed by atoms with Crippen LogP contribution in [0.3, 0.4) is 0 Å². The number of hydrogen-bond donors (Lipinski definition) is 1. The zero-order valence-corrected chi connectivity index (χ0v) is 15.2. The highest BCUT2D eigenvalue weighted by atomic mass is 16.5. The first-order valence-corrected chi connectivity index (χ1v) is 9.06. The summed E-state index contributed by atoms with van der Waals surface area (Å²) in [5, 5.41) is 3.02. The molecule has 5 nitrogen and oxygen atoms in total. The smallest absolute Gasteiger partial charge is 0.317 e. The van der Waals surface area contributed by atoms with Gasteiger partial charge in [0.05, 0.1) is 6.61 Å². The van der Waals surface area contributed by atoms with Crippen molar-refractivity contribution in [2.75, 3.05) is 20.2 Å². The zero-order chi connectivity index (χ0) is 18.2. The molecule has 1 fully saturated rings. The summed E-state index contributed by atoms with van der Waals surface area (Å²) in [7, 11) is 1.68. The molecular weight excluding hydrogens is 328 g/mol. The van der Waals surface area contributed by atoms with E-state index < -0.39 is 0 Å². The maximum Gasteiger partial charge on any atom is 0.317 e. The highest BCUT2D eigenvalue weighted by Crippen LogP contribution is 2.19. The molecule has 138 valence electrons. The van der Waals surface area contributed by atoms with Crippen LogP contribution in [-0.4, -0.2) is 37.2 Å². The van der Waals surface area contributed by atoms with Gasteiger partial charge in [0.1, 0.15) is 11.9 Å². The van der Waals surface area contributed by atoms with Gasteiger partial charge in [-0.3, -0.25) is 0 Å². The van der Waals surface area contributed by atoms with Crippen molar-refractivity contribution in [3.05, 3.63) is 65.7 Å². The number of para-hydroxylation sites is 1. The summed E-state index contributed by atoms with van der Waals surface area (Å²) in [6.07, 6.45) is 1.87. The summed E-state index contributed by atoms with van der Waals surface area (Å²) in [6.45, 7) is 2.49. The van der Waals surface area contributed by atoms with Crippen LogP contribution in [0.2, 0.25) is 0 Å². The third kappa shape index (κ3) is 4.99. The third-order valence-electron chi connectivity index (χ3n) is 4.62. The van der Waals surface area contributed by atoms with Crippen LogP contribution in [-0.2, 0) is 17.9 Å². The molecule has 1 heterocycles. The number of rotatable bonds is 6. The van der Waals surface area contributed by atoms with Crippen molar-refractivity contribution in [3.8, 4) is 5.75 Å². The molecule has 1 aliphatic rings. The van der Waals surface area contributed by atoms with Crippen molar-refractivity contribution >= 4 is 6.03 Å². The summed E-state index contributed by atoms with van der Waals surface area (Å²) in [5.41, 5.74) is 2.19. The van der Waals surface area contributed by atoms with Gasteiger partial charge in [-0.15, -0.1) is 0 Å². The second-order valence-corrected chi connectivity index (χ2v) is 6.48. The summed E-state index contributed by atoms with van der Waals surface area (Å²) >= 11 is 0. The molecule has 0 saturated carbocycles. The van der Waals surface area contributed by atoms with Crippen LogP contribution in [0, 0.1) is 0 Å². The molecule has 0 unspecified atom stereocenters. The van der Waals surface area contributed by atoms with Crippen LogP contribution in [0.15, 0.2) is 54.6 Å². The number of piperidine rings is 1. The number of urea groups is 1. The lowest BCUT2D eigenvalue weighted by atomic mass is 10.1. The Morgan fingerprint density at radius 2 is 1.69 bits per heavy atom. The number of amides is 2. The second kappa shape index (κ2) is 9.25. The van der Waals surface area contributed by atoms with E-state index in [0.29, 0.717) is 26.2 Å². The molecule has 0 aliphatic carbocycles. The Bertz CT molecular complexity index is 697. The van der Waals surface area contributed by atoms with Crippen molar-refractivity contribution in [1.82, 2.24) is 10.2 Å². The average Bonchev–Trinajstić information content (AvgIpc) is 2.69. The molecule has 1 N–H and O–H groups in total. The van der Waals surface area contributed by atoms with Gasteiger partial charge in [-0.2, -0.15) is 0 Å². The highest BCUT2D eigenvalue weighted by molar-refractivity contribution is 5.74. The lowest BCUT2D eigenvalue weighted by molar-refractivity contribution is 0.111. The van der Waals surface area contributed by atoms with Crippen LogP contribution in [0.25, 0.3) is 0 Å². The molecule has 0 spiro atoms. The quantitative estimate of drug-likeness (QED) is 0.862. The molecule has 0 atom stereocenters. The Morgan fingerprint density at radius 3 is 2.38 bits per heavy atom. The Kier molecular flexibility index (Phi) is 6.50. The van der Waals surface area contributed by atoms with Crippen LogP contribution < -0.4 is 10.1 Å². The summed E-state index contributed by atoms with van der Waals surface area (Å²) < 4.78 is 11.2. The molecule has 2 amide bonds. The minimum Gasteiger partial charge on any atom is -0.490 e. The van der Waals surface area contributed by atoms with Gasteiger partial charge in [0.2, 0.25) is 0 Å². The predicted octanol–water partition coefficient (Wildman–Crippen LogP) is 3.59. The van der Waals surface area contributed by atoms with E-state index in [1.807, 2.05) is 59.5 Å². The minimum atomic E-state index is -0.0182. The number of nitrogens with one attached hydrogen (secondary N) is 1. The molecule has 1 aliphatic heterocycles. The fraction of sp³-hybridized carbons (Fsp3) is 0.381. The second-order valence-electron chi connectivity index (χ2n) is 6.48. The van der Waals surface area contributed by atoms with E-state index in [4.69, 9.17) is 9.47 Å². The van der Waals surface area contributed by atoms with Gasteiger partial charge in [0.15, 0.2) is 0 Å². The molecule has 2 aromatic carbocycles. The molecule has 0 aromatic heterocycles. The van der Waals surface area contributed by atoms with E-state index >= 15 is 0 Å². The van der Waals surface area contributed by atoms with E-state index in [9.17, 15) is 4.79 Å². The number of ether oxygens (including phenoxy) is 2. The van der Waals surface area contributed by atoms with Crippen molar-refractivity contribution in [2.45, 2.75) is 32.1 Å². The largest absolute Gasteiger partial charge is 0.490 e. The zero-order valence-electron chi connectivity index (χ0n) is 15.2. The van der Waals surface area contributed by atoms with E-state index in [1.165, 1.54) is 0 Å². The Balaban J connectivity index is 1.45. The van der Waals surface area contributed by atoms with E-state index in [1.54, 1.807) is 7.11 Å². The molecule has 0 bridgehead atoms. The van der Waals surface area contributed by atoms with Crippen molar-refractivity contribution in [1.29, 1.82) is 0 Å². The standard InChI is InChI=1S/C21H26N2O3/c1-25-16-18-8-6-5-7-17(18)15-22-21(24)23-13-11-20(12-14-23)26-19-9-3-2-4-10-19/h2-10,20H,11-16H2,1H3,(H,22,24). The number of carbonyl (C=O) groups is 1. The molecule has 26 heavy (non-hydrogen) atoms. The van der Waals surface area contributed by atoms with E-state index in [0.717, 1.165) is 29.7 Å². The monoisotopic (exact) mass is 354 g/mol. The van der Waals surface area contributed by atoms with E-state index in [2.05, 4.69) is 5.32 Å². The minimum absolute atomic E-state index is 0.0182. The topological polar surface area (TPSA) is 50.8 Å². The fourth-order valence-corrected chi connectivity index (χ4v) is 3.18. The lowest BCUT2D eigenvalue weighted by Crippen LogP contribution is -2.46. The molecule has 0 radical (unpaired) electrons. The number of hydrogen-bond acceptors (Lipinski definition) is 3. The van der Waals surface area contributed by atoms with Crippen LogP contribution in [0.4, 0.5) is 4.79 Å². The lowest BCUT2D eigenvalue weighted by Gasteiger charge is -2.32. The number of carbonyl (C=O) groups excluding carboxylic acids is 1. The van der Waals surface area contributed by atoms with E-state index in [-0.39, 0.29) is 12.1 Å². The summed E-state index contributed by atoms with van der Waals surface area (Å²) in [5.74, 6) is 0.894. The number of likely N-dealkylation sites (tertiary alicyclic amines) is 1. The van der Waals surface area contributed by atoms with Crippen molar-refractivity contribution < 1.29 is 14.3 Å². The molecule has 3 rings (SSSR count). The van der Waals surface area contributed by atoms with Crippen molar-refractivity contribution in [2.24, 2.45) is 0 Å². The van der Waals surface area contributed by atoms with Crippen LogP contribution in [0.1, 0.15) is 24.0 Å². The number of methoxy groups -OCH3 is 1. The number of nitrogens with zero attached hydrogens (tertiary/aromatic N) is 1. The normalized spacial score (nSPS) is 14.9. The van der Waals surface area contributed by atoms with Gasteiger partial charge in [-0.05, 0) is 23.3 Å². The Hall–Kier alpha value is -2.53. The van der Waals surface area contributed by atoms with Crippen LogP contribution in [0.5, 0.6) is 5.75 Å². The molecule has 2 aromatic rings. The van der Waals surface area contributed by atoms with Crippen LogP contribution >= 0.6 is 0 Å². The van der Waals surface area contributed by atoms with Crippen molar-refractivity contribution in [3.63, 3.8) is 0 Å². The van der Waals surface area contributed by atoms with Gasteiger partial charge < -0.3 is 19.7 Å². The fourth-order valence-electron chi connectivity index (χ4n) is 3.18. The summed E-state index contributed by atoms with van der Waals surface area (Å²) in [4.78, 5) is 14.3. The summed E-state index contributed by atoms with van der Waals surface area (Å²) in [6, 6.07) is 17.8. The van der Waals surface area contributed by atoms with Gasteiger partial charge in [-0.1, -0.05) is 42.5 Å². The Labute approximate surface area is 154 Å². The first kappa shape index (κ1) is 18.3. The average molecular weight is 354 g/mol. The number of benzene rings is 2. The molecule has 1 saturated heterocycles. The first-order valence-electron chi connectivity index (χ1n) is 9.06. The van der Waals surface area contributed by atoms with Gasteiger partial charge >= 0.3 is 6.03 Å². The SMILES string of the molecule is COCc1ccccc1CNC(=O)N1CCC(Oc2ccccc2)CC1. The molecule has 5 heteroatoms. The predicted molar refractivity (Wildman–Crippen MR) is 101 cm³/mol. The van der Waals surface area contributed by atoms with Gasteiger partial charge in [-0.25, -0.2) is 4.79 Å². The molecular formula is C21H26N2O3.